The Morgan fingerprint density at radius 2 is 1.63 bits per heavy atom. The van der Waals surface area contributed by atoms with Crippen LogP contribution in [0.5, 0.6) is 5.75 Å². The molecule has 0 saturated heterocycles. The topological polar surface area (TPSA) is 58.6 Å². The van der Waals surface area contributed by atoms with Crippen LogP contribution >= 0.6 is 0 Å². The Kier molecular flexibility index (Phi) is 6.53. The number of hydrogen-bond donors (Lipinski definition) is 1. The van der Waals surface area contributed by atoms with Gasteiger partial charge >= 0.3 is 0 Å². The Morgan fingerprint density at radius 3 is 2.31 bits per heavy atom. The van der Waals surface area contributed by atoms with E-state index in [9.17, 15) is 14.0 Å². The number of anilines is 1. The van der Waals surface area contributed by atoms with Crippen LogP contribution in [0.4, 0.5) is 10.1 Å². The second-order valence-corrected chi connectivity index (χ2v) is 9.28. The maximum Gasteiger partial charge on any atom is 0.254 e. The van der Waals surface area contributed by atoms with Gasteiger partial charge in [-0.2, -0.15) is 0 Å². The van der Waals surface area contributed by atoms with Gasteiger partial charge in [-0.15, -0.1) is 0 Å². The molecule has 5 nitrogen and oxygen atoms in total. The second-order valence-electron chi connectivity index (χ2n) is 9.28. The van der Waals surface area contributed by atoms with Crippen molar-refractivity contribution in [3.05, 3.63) is 95.3 Å². The lowest BCUT2D eigenvalue weighted by Gasteiger charge is -2.46. The third-order valence-corrected chi connectivity index (χ3v) is 7.20. The van der Waals surface area contributed by atoms with E-state index < -0.39 is 12.0 Å². The third kappa shape index (κ3) is 4.53. The summed E-state index contributed by atoms with van der Waals surface area (Å²) in [6.45, 7) is 0. The van der Waals surface area contributed by atoms with Crippen LogP contribution in [-0.4, -0.2) is 29.9 Å². The number of fused-ring (bicyclic) bond motifs is 1. The molecule has 1 heterocycles. The Bertz CT molecular complexity index is 1200. The van der Waals surface area contributed by atoms with Crippen molar-refractivity contribution in [3.8, 4) is 5.75 Å². The van der Waals surface area contributed by atoms with Gasteiger partial charge < -0.3 is 15.0 Å². The summed E-state index contributed by atoms with van der Waals surface area (Å²) < 4.78 is 18.8. The molecular formula is C29H29FN2O3. The highest BCUT2D eigenvalue weighted by atomic mass is 19.1. The molecule has 1 aliphatic heterocycles. The molecule has 0 aromatic heterocycles. The van der Waals surface area contributed by atoms with E-state index in [4.69, 9.17) is 4.74 Å². The number of carbonyl (C=O) groups is 2. The predicted octanol–water partition coefficient (Wildman–Crippen LogP) is 6.09. The maximum atomic E-state index is 13.9. The largest absolute Gasteiger partial charge is 0.497 e. The zero-order chi connectivity index (χ0) is 24.4. The van der Waals surface area contributed by atoms with Gasteiger partial charge in [-0.25, -0.2) is 4.39 Å². The summed E-state index contributed by atoms with van der Waals surface area (Å²) in [5, 5.41) is 2.97. The molecule has 5 rings (SSSR count). The smallest absolute Gasteiger partial charge is 0.254 e. The highest BCUT2D eigenvalue weighted by molar-refractivity contribution is 6.04. The molecule has 2 aliphatic rings. The maximum absolute atomic E-state index is 13.9. The fourth-order valence-electron chi connectivity index (χ4n) is 5.50. The van der Waals surface area contributed by atoms with Crippen LogP contribution < -0.4 is 10.1 Å². The number of rotatable bonds is 5. The predicted molar refractivity (Wildman–Crippen MR) is 133 cm³/mol. The van der Waals surface area contributed by atoms with Gasteiger partial charge in [0.2, 0.25) is 5.91 Å². The molecule has 1 fully saturated rings. The first-order valence-electron chi connectivity index (χ1n) is 12.2. The summed E-state index contributed by atoms with van der Waals surface area (Å²) in [5.74, 6) is -0.523. The zero-order valence-corrected chi connectivity index (χ0v) is 19.7. The second kappa shape index (κ2) is 9.90. The first-order valence-corrected chi connectivity index (χ1v) is 12.2. The van der Waals surface area contributed by atoms with E-state index in [1.54, 1.807) is 19.2 Å². The minimum absolute atomic E-state index is 0.0286. The molecule has 3 aromatic rings. The van der Waals surface area contributed by atoms with Crippen molar-refractivity contribution in [1.82, 2.24) is 4.90 Å². The summed E-state index contributed by atoms with van der Waals surface area (Å²) in [4.78, 5) is 29.8. The van der Waals surface area contributed by atoms with Gasteiger partial charge in [0.1, 0.15) is 11.6 Å². The molecule has 2 amide bonds. The van der Waals surface area contributed by atoms with E-state index in [1.807, 2.05) is 53.4 Å². The van der Waals surface area contributed by atoms with E-state index in [1.165, 1.54) is 12.1 Å². The monoisotopic (exact) mass is 472 g/mol. The van der Waals surface area contributed by atoms with Gasteiger partial charge in [-0.3, -0.25) is 9.59 Å². The lowest BCUT2D eigenvalue weighted by Crippen LogP contribution is -2.51. The summed E-state index contributed by atoms with van der Waals surface area (Å²) in [6, 6.07) is 20.4. The summed E-state index contributed by atoms with van der Waals surface area (Å²) in [7, 11) is 1.61. The molecule has 0 radical (unpaired) electrons. The SMILES string of the molecule is COc1ccc([C@H]2[C@H](C(=O)Nc3ccc(F)cc3)c3ccccc3C(=O)N2C2CCCCC2)cc1. The molecule has 35 heavy (non-hydrogen) atoms. The summed E-state index contributed by atoms with van der Waals surface area (Å²) >= 11 is 0. The van der Waals surface area contributed by atoms with E-state index >= 15 is 0 Å². The lowest BCUT2D eigenvalue weighted by molar-refractivity contribution is -0.119. The first kappa shape index (κ1) is 23.1. The molecule has 3 aromatic carbocycles. The molecule has 2 atom stereocenters. The number of methoxy groups -OCH3 is 1. The number of carbonyl (C=O) groups excluding carboxylic acids is 2. The lowest BCUT2D eigenvalue weighted by atomic mass is 9.77. The van der Waals surface area contributed by atoms with Gasteiger partial charge in [0.15, 0.2) is 0 Å². The minimum atomic E-state index is -0.621. The van der Waals surface area contributed by atoms with E-state index in [2.05, 4.69) is 5.32 Å². The minimum Gasteiger partial charge on any atom is -0.497 e. The van der Waals surface area contributed by atoms with Crippen LogP contribution in [0.1, 0.15) is 65.5 Å². The fourth-order valence-corrected chi connectivity index (χ4v) is 5.50. The van der Waals surface area contributed by atoms with E-state index in [-0.39, 0.29) is 23.7 Å². The van der Waals surface area contributed by atoms with Crippen molar-refractivity contribution in [2.75, 3.05) is 12.4 Å². The third-order valence-electron chi connectivity index (χ3n) is 7.20. The van der Waals surface area contributed by atoms with Gasteiger partial charge in [-0.05, 0) is 66.4 Å². The number of nitrogens with one attached hydrogen (secondary N) is 1. The number of nitrogens with zero attached hydrogens (tertiary/aromatic N) is 1. The van der Waals surface area contributed by atoms with E-state index in [0.717, 1.165) is 37.7 Å². The van der Waals surface area contributed by atoms with Crippen molar-refractivity contribution >= 4 is 17.5 Å². The standard InChI is InChI=1S/C29H29FN2O3/c1-35-23-17-11-19(12-18-23)27-26(28(33)31-21-15-13-20(30)14-16-21)24-9-5-6-10-25(24)29(34)32(27)22-7-3-2-4-8-22/h5-6,9-18,22,26-27H,2-4,7-8H2,1H3,(H,31,33)/t26-,27+/m1/s1. The number of amides is 2. The van der Waals surface area contributed by atoms with Crippen molar-refractivity contribution in [1.29, 1.82) is 0 Å². The van der Waals surface area contributed by atoms with E-state index in [0.29, 0.717) is 22.6 Å². The number of benzene rings is 3. The van der Waals surface area contributed by atoms with Crippen molar-refractivity contribution < 1.29 is 18.7 Å². The first-order chi connectivity index (χ1) is 17.1. The molecule has 0 spiro atoms. The number of ether oxygens (including phenoxy) is 1. The van der Waals surface area contributed by atoms with Crippen LogP contribution in [0.2, 0.25) is 0 Å². The number of halogens is 1. The highest BCUT2D eigenvalue weighted by Gasteiger charge is 2.46. The van der Waals surface area contributed by atoms with Crippen molar-refractivity contribution in [2.24, 2.45) is 0 Å². The Balaban J connectivity index is 1.63. The van der Waals surface area contributed by atoms with Gasteiger partial charge in [0, 0.05) is 17.3 Å². The Labute approximate surface area is 204 Å². The molecule has 0 unspecified atom stereocenters. The van der Waals surface area contributed by atoms with Crippen LogP contribution in [0.3, 0.4) is 0 Å². The van der Waals surface area contributed by atoms with Crippen molar-refractivity contribution in [2.45, 2.75) is 50.1 Å². The molecule has 0 bridgehead atoms. The molecule has 6 heteroatoms. The van der Waals surface area contributed by atoms with Crippen LogP contribution in [0, 0.1) is 5.82 Å². The van der Waals surface area contributed by atoms with Gasteiger partial charge in [0.25, 0.3) is 5.91 Å². The number of hydrogen-bond acceptors (Lipinski definition) is 3. The Hall–Kier alpha value is -3.67. The summed E-state index contributed by atoms with van der Waals surface area (Å²) in [6.07, 6.45) is 5.15. The quantitative estimate of drug-likeness (QED) is 0.489. The molecule has 1 N–H and O–H groups in total. The average molecular weight is 473 g/mol. The normalized spacial score (nSPS) is 20.3. The summed E-state index contributed by atoms with van der Waals surface area (Å²) in [5.41, 5.74) is 2.69. The molecule has 180 valence electrons. The van der Waals surface area contributed by atoms with Gasteiger partial charge in [-0.1, -0.05) is 49.6 Å². The molecular weight excluding hydrogens is 443 g/mol. The highest BCUT2D eigenvalue weighted by Crippen LogP contribution is 2.46. The molecule has 1 aliphatic carbocycles. The fraction of sp³-hybridized carbons (Fsp3) is 0.310. The van der Waals surface area contributed by atoms with Crippen LogP contribution in [0.25, 0.3) is 0 Å². The molecule has 1 saturated carbocycles. The zero-order valence-electron chi connectivity index (χ0n) is 19.7. The Morgan fingerprint density at radius 1 is 0.943 bits per heavy atom. The van der Waals surface area contributed by atoms with Crippen LogP contribution in [-0.2, 0) is 4.79 Å². The van der Waals surface area contributed by atoms with Crippen molar-refractivity contribution in [3.63, 3.8) is 0 Å². The average Bonchev–Trinajstić information content (AvgIpc) is 2.90. The van der Waals surface area contributed by atoms with Crippen LogP contribution in [0.15, 0.2) is 72.8 Å². The van der Waals surface area contributed by atoms with Gasteiger partial charge in [0.05, 0.1) is 19.1 Å².